The van der Waals surface area contributed by atoms with Crippen LogP contribution in [0.1, 0.15) is 51.2 Å². The number of nitrogens with two attached hydrogens (primary N) is 2. The third kappa shape index (κ3) is 14.1. The molecule has 1 aromatic carbocycles. The molecule has 0 fully saturated rings. The zero-order chi connectivity index (χ0) is 31.7. The van der Waals surface area contributed by atoms with Gasteiger partial charge in [-0.15, -0.1) is 0 Å². The number of anilines is 2. The van der Waals surface area contributed by atoms with Crippen LogP contribution < -0.4 is 36.3 Å². The molecule has 2 amide bonds. The number of rotatable bonds is 19. The molecule has 2 rings (SSSR count). The van der Waals surface area contributed by atoms with E-state index in [0.717, 1.165) is 11.1 Å². The second kappa shape index (κ2) is 18.5. The van der Waals surface area contributed by atoms with Crippen molar-refractivity contribution >= 4 is 23.8 Å². The summed E-state index contributed by atoms with van der Waals surface area (Å²) in [6.07, 6.45) is 3.26. The average Bonchev–Trinajstić information content (AvgIpc) is 2.94. The number of unbranched alkanes of at least 4 members (excludes halogenated alkanes) is 1. The van der Waals surface area contributed by atoms with Crippen molar-refractivity contribution in [2.24, 2.45) is 0 Å². The predicted octanol–water partition coefficient (Wildman–Crippen LogP) is 2.47. The van der Waals surface area contributed by atoms with Gasteiger partial charge in [0, 0.05) is 37.7 Å². The Labute approximate surface area is 253 Å². The largest absolute Gasteiger partial charge is 0.493 e. The van der Waals surface area contributed by atoms with Crippen molar-refractivity contribution in [3.05, 3.63) is 29.5 Å². The normalized spacial score (nSPS) is 11.1. The standard InChI is InChI=1S/C29H46N6O8/c1-29(2,3)43-28(37)33-10-13-41-15-14-40-12-9-32-24(36)8-6-7-11-42-25-22(38-4)17-20(18-23(25)39-5)16-21-19-34-27(31)35-26(21)30/h17-19H,6-16H2,1-5H3,(H,32,36)(H,33,37)(H4,30,31,34,35). The number of amides is 2. The molecule has 1 aromatic heterocycles. The molecule has 14 heteroatoms. The molecule has 0 saturated carbocycles. The van der Waals surface area contributed by atoms with Crippen molar-refractivity contribution < 1.29 is 38.0 Å². The second-order valence-electron chi connectivity index (χ2n) is 10.5. The molecule has 1 heterocycles. The molecule has 43 heavy (non-hydrogen) atoms. The molecular formula is C29H46N6O8. The van der Waals surface area contributed by atoms with E-state index in [1.807, 2.05) is 12.1 Å². The molecule has 0 radical (unpaired) electrons. The van der Waals surface area contributed by atoms with Crippen molar-refractivity contribution in [1.29, 1.82) is 0 Å². The van der Waals surface area contributed by atoms with E-state index < -0.39 is 11.7 Å². The van der Waals surface area contributed by atoms with E-state index in [9.17, 15) is 9.59 Å². The van der Waals surface area contributed by atoms with Crippen LogP contribution in [0.25, 0.3) is 0 Å². The number of hydrogen-bond acceptors (Lipinski definition) is 12. The average molecular weight is 607 g/mol. The van der Waals surface area contributed by atoms with Crippen LogP contribution in [0, 0.1) is 0 Å². The topological polar surface area (TPSA) is 191 Å². The van der Waals surface area contributed by atoms with Crippen LogP contribution in [-0.4, -0.2) is 87.9 Å². The Kier molecular flexibility index (Phi) is 15.1. The summed E-state index contributed by atoms with van der Waals surface area (Å²) in [6.45, 7) is 8.04. The quantitative estimate of drug-likeness (QED) is 0.171. The zero-order valence-electron chi connectivity index (χ0n) is 25.8. The van der Waals surface area contributed by atoms with Gasteiger partial charge in [-0.1, -0.05) is 0 Å². The van der Waals surface area contributed by atoms with Gasteiger partial charge in [0.1, 0.15) is 11.4 Å². The van der Waals surface area contributed by atoms with Crippen LogP contribution in [0.2, 0.25) is 0 Å². The van der Waals surface area contributed by atoms with E-state index >= 15 is 0 Å². The molecule has 0 bridgehead atoms. The van der Waals surface area contributed by atoms with Crippen LogP contribution in [0.3, 0.4) is 0 Å². The Hall–Kier alpha value is -4.04. The van der Waals surface area contributed by atoms with Crippen LogP contribution in [0.5, 0.6) is 17.2 Å². The van der Waals surface area contributed by atoms with E-state index in [0.29, 0.717) is 94.9 Å². The first-order valence-corrected chi connectivity index (χ1v) is 14.2. The molecule has 14 nitrogen and oxygen atoms in total. The van der Waals surface area contributed by atoms with E-state index in [1.54, 1.807) is 41.2 Å². The van der Waals surface area contributed by atoms with Crippen LogP contribution in [0.4, 0.5) is 16.6 Å². The minimum atomic E-state index is -0.534. The van der Waals surface area contributed by atoms with Gasteiger partial charge in [-0.2, -0.15) is 4.98 Å². The third-order valence-corrected chi connectivity index (χ3v) is 5.73. The number of alkyl carbamates (subject to hydrolysis) is 1. The van der Waals surface area contributed by atoms with Gasteiger partial charge in [0.05, 0.1) is 47.3 Å². The highest BCUT2D eigenvalue weighted by Gasteiger charge is 2.17. The fourth-order valence-electron chi connectivity index (χ4n) is 3.74. The summed E-state index contributed by atoms with van der Waals surface area (Å²) in [7, 11) is 3.11. The van der Waals surface area contributed by atoms with Crippen molar-refractivity contribution in [3.8, 4) is 17.2 Å². The lowest BCUT2D eigenvalue weighted by Gasteiger charge is -2.19. The molecule has 0 atom stereocenters. The molecular weight excluding hydrogens is 560 g/mol. The second-order valence-corrected chi connectivity index (χ2v) is 10.5. The number of nitrogens with zero attached hydrogens (tertiary/aromatic N) is 2. The zero-order valence-corrected chi connectivity index (χ0v) is 25.8. The third-order valence-electron chi connectivity index (χ3n) is 5.73. The van der Waals surface area contributed by atoms with Crippen LogP contribution in [-0.2, 0) is 25.4 Å². The molecule has 0 aliphatic heterocycles. The Morgan fingerprint density at radius 1 is 0.884 bits per heavy atom. The Morgan fingerprint density at radius 2 is 1.51 bits per heavy atom. The molecule has 2 aromatic rings. The monoisotopic (exact) mass is 606 g/mol. The maximum Gasteiger partial charge on any atom is 0.407 e. The fourth-order valence-corrected chi connectivity index (χ4v) is 3.74. The number of methoxy groups -OCH3 is 2. The molecule has 0 saturated heterocycles. The molecule has 240 valence electrons. The van der Waals surface area contributed by atoms with Gasteiger partial charge in [-0.05, 0) is 51.3 Å². The Morgan fingerprint density at radius 3 is 2.09 bits per heavy atom. The summed E-state index contributed by atoms with van der Waals surface area (Å²) in [5.41, 5.74) is 12.6. The Bertz CT molecular complexity index is 1130. The van der Waals surface area contributed by atoms with Crippen molar-refractivity contribution in [3.63, 3.8) is 0 Å². The first kappa shape index (κ1) is 35.2. The maximum absolute atomic E-state index is 12.1. The van der Waals surface area contributed by atoms with Crippen LogP contribution in [0.15, 0.2) is 18.3 Å². The number of nitrogens with one attached hydrogen (secondary N) is 2. The predicted molar refractivity (Wildman–Crippen MR) is 161 cm³/mol. The molecule has 6 N–H and O–H groups in total. The van der Waals surface area contributed by atoms with Gasteiger partial charge in [0.15, 0.2) is 11.5 Å². The summed E-state index contributed by atoms with van der Waals surface area (Å²) in [5.74, 6) is 1.90. The van der Waals surface area contributed by atoms with Gasteiger partial charge in [0.2, 0.25) is 17.6 Å². The number of benzene rings is 1. The van der Waals surface area contributed by atoms with E-state index in [4.69, 9.17) is 39.9 Å². The molecule has 0 unspecified atom stereocenters. The van der Waals surface area contributed by atoms with Gasteiger partial charge < -0.3 is 50.5 Å². The van der Waals surface area contributed by atoms with Gasteiger partial charge in [-0.25, -0.2) is 9.78 Å². The lowest BCUT2D eigenvalue weighted by Crippen LogP contribution is -2.34. The number of aromatic nitrogens is 2. The highest BCUT2D eigenvalue weighted by Crippen LogP contribution is 2.39. The lowest BCUT2D eigenvalue weighted by molar-refractivity contribution is -0.121. The van der Waals surface area contributed by atoms with Crippen molar-refractivity contribution in [2.75, 3.05) is 71.8 Å². The first-order valence-electron chi connectivity index (χ1n) is 14.2. The molecule has 0 spiro atoms. The smallest absolute Gasteiger partial charge is 0.407 e. The summed E-state index contributed by atoms with van der Waals surface area (Å²) in [5, 5.41) is 5.45. The van der Waals surface area contributed by atoms with Crippen LogP contribution >= 0.6 is 0 Å². The number of carbonyl (C=O) groups excluding carboxylic acids is 2. The van der Waals surface area contributed by atoms with Crippen molar-refractivity contribution in [2.45, 2.75) is 52.1 Å². The maximum atomic E-state index is 12.1. The van der Waals surface area contributed by atoms with Crippen molar-refractivity contribution in [1.82, 2.24) is 20.6 Å². The summed E-state index contributed by atoms with van der Waals surface area (Å²) in [4.78, 5) is 31.6. The number of nitrogen functional groups attached to an aromatic ring is 2. The summed E-state index contributed by atoms with van der Waals surface area (Å²) >= 11 is 0. The van der Waals surface area contributed by atoms with E-state index in [-0.39, 0.29) is 11.9 Å². The Balaban J connectivity index is 1.59. The van der Waals surface area contributed by atoms with E-state index in [1.165, 1.54) is 0 Å². The summed E-state index contributed by atoms with van der Waals surface area (Å²) in [6, 6.07) is 3.69. The number of carbonyl (C=O) groups is 2. The number of ether oxygens (including phenoxy) is 6. The van der Waals surface area contributed by atoms with Gasteiger partial charge in [0.25, 0.3) is 0 Å². The van der Waals surface area contributed by atoms with E-state index in [2.05, 4.69) is 20.6 Å². The molecule has 0 aliphatic carbocycles. The minimum absolute atomic E-state index is 0.0569. The first-order chi connectivity index (χ1) is 20.5. The van der Waals surface area contributed by atoms with Gasteiger partial charge in [-0.3, -0.25) is 4.79 Å². The SMILES string of the molecule is COc1cc(Cc2cnc(N)nc2N)cc(OC)c1OCCCCC(=O)NCCOCCOCCNC(=O)OC(C)(C)C. The fraction of sp³-hybridized carbons (Fsp3) is 0.586. The minimum Gasteiger partial charge on any atom is -0.493 e. The molecule has 0 aliphatic rings. The highest BCUT2D eigenvalue weighted by atomic mass is 16.6. The van der Waals surface area contributed by atoms with Gasteiger partial charge >= 0.3 is 6.09 Å². The summed E-state index contributed by atoms with van der Waals surface area (Å²) < 4.78 is 33.0. The number of hydrogen-bond donors (Lipinski definition) is 4. The highest BCUT2D eigenvalue weighted by molar-refractivity contribution is 5.75. The lowest BCUT2D eigenvalue weighted by atomic mass is 10.1.